The average Bonchev–Trinajstić information content (AvgIpc) is 2.34. The van der Waals surface area contributed by atoms with Crippen LogP contribution in [0.1, 0.15) is 17.5 Å². The second kappa shape index (κ2) is 7.54. The molecule has 16 heavy (non-hydrogen) atoms. The van der Waals surface area contributed by atoms with Gasteiger partial charge in [0, 0.05) is 13.1 Å². The van der Waals surface area contributed by atoms with E-state index in [2.05, 4.69) is 17.4 Å². The SMILES string of the molecule is NCc1cccc(CNC=CCC=CO)c1. The van der Waals surface area contributed by atoms with Crippen molar-refractivity contribution in [1.29, 1.82) is 0 Å². The second-order valence-corrected chi connectivity index (χ2v) is 3.43. The Kier molecular flexibility index (Phi) is 5.81. The van der Waals surface area contributed by atoms with E-state index in [4.69, 9.17) is 10.8 Å². The summed E-state index contributed by atoms with van der Waals surface area (Å²) in [4.78, 5) is 0. The third kappa shape index (κ3) is 4.66. The van der Waals surface area contributed by atoms with Gasteiger partial charge in [-0.2, -0.15) is 0 Å². The highest BCUT2D eigenvalue weighted by Gasteiger charge is 1.92. The maximum atomic E-state index is 8.41. The standard InChI is InChI=1S/C13H18N2O/c14-10-12-5-4-6-13(9-12)11-15-7-2-1-3-8-16/h2-9,15-16H,1,10-11,14H2. The van der Waals surface area contributed by atoms with E-state index in [1.165, 1.54) is 5.56 Å². The van der Waals surface area contributed by atoms with E-state index in [0.717, 1.165) is 24.8 Å². The Morgan fingerprint density at radius 1 is 1.25 bits per heavy atom. The van der Waals surface area contributed by atoms with Crippen molar-refractivity contribution >= 4 is 0 Å². The molecule has 0 atom stereocenters. The van der Waals surface area contributed by atoms with Crippen LogP contribution in [0.5, 0.6) is 0 Å². The van der Waals surface area contributed by atoms with Gasteiger partial charge in [0.1, 0.15) is 0 Å². The molecule has 0 heterocycles. The van der Waals surface area contributed by atoms with Gasteiger partial charge >= 0.3 is 0 Å². The maximum absolute atomic E-state index is 8.41. The normalized spacial score (nSPS) is 11.3. The van der Waals surface area contributed by atoms with Crippen molar-refractivity contribution in [2.75, 3.05) is 0 Å². The Balaban J connectivity index is 2.33. The van der Waals surface area contributed by atoms with Gasteiger partial charge in [0.05, 0.1) is 6.26 Å². The van der Waals surface area contributed by atoms with Crippen LogP contribution in [0.4, 0.5) is 0 Å². The predicted molar refractivity (Wildman–Crippen MR) is 66.7 cm³/mol. The van der Waals surface area contributed by atoms with Gasteiger partial charge in [0.15, 0.2) is 0 Å². The minimum atomic E-state index is 0.574. The highest BCUT2D eigenvalue weighted by Crippen LogP contribution is 2.03. The zero-order valence-electron chi connectivity index (χ0n) is 9.26. The summed E-state index contributed by atoms with van der Waals surface area (Å²) in [6.07, 6.45) is 7.28. The first kappa shape index (κ1) is 12.3. The minimum absolute atomic E-state index is 0.574. The molecule has 0 aromatic heterocycles. The summed E-state index contributed by atoms with van der Waals surface area (Å²) in [7, 11) is 0. The molecule has 0 saturated carbocycles. The first-order chi connectivity index (χ1) is 7.86. The lowest BCUT2D eigenvalue weighted by Gasteiger charge is -2.03. The van der Waals surface area contributed by atoms with Gasteiger partial charge in [-0.3, -0.25) is 0 Å². The molecule has 0 amide bonds. The van der Waals surface area contributed by atoms with Crippen LogP contribution in [0.15, 0.2) is 48.9 Å². The Hall–Kier alpha value is -1.74. The summed E-state index contributed by atoms with van der Waals surface area (Å²) in [6, 6.07) is 8.19. The first-order valence-corrected chi connectivity index (χ1v) is 5.32. The fourth-order valence-electron chi connectivity index (χ4n) is 1.33. The quantitative estimate of drug-likeness (QED) is 0.642. The van der Waals surface area contributed by atoms with Crippen LogP contribution in [-0.2, 0) is 13.1 Å². The van der Waals surface area contributed by atoms with E-state index >= 15 is 0 Å². The molecule has 86 valence electrons. The second-order valence-electron chi connectivity index (χ2n) is 3.43. The number of nitrogens with two attached hydrogens (primary N) is 1. The molecule has 1 aromatic rings. The Labute approximate surface area is 96.3 Å². The number of aliphatic hydroxyl groups is 1. The number of hydrogen-bond donors (Lipinski definition) is 3. The van der Waals surface area contributed by atoms with Gasteiger partial charge in [-0.25, -0.2) is 0 Å². The number of hydrogen-bond acceptors (Lipinski definition) is 3. The van der Waals surface area contributed by atoms with E-state index in [9.17, 15) is 0 Å². The van der Waals surface area contributed by atoms with E-state index < -0.39 is 0 Å². The lowest BCUT2D eigenvalue weighted by atomic mass is 10.1. The fourth-order valence-corrected chi connectivity index (χ4v) is 1.33. The van der Waals surface area contributed by atoms with Crippen molar-refractivity contribution in [2.45, 2.75) is 19.5 Å². The molecule has 1 aromatic carbocycles. The summed E-state index contributed by atoms with van der Waals surface area (Å²) < 4.78 is 0. The molecule has 3 nitrogen and oxygen atoms in total. The fraction of sp³-hybridized carbons (Fsp3) is 0.231. The molecule has 0 aliphatic rings. The van der Waals surface area contributed by atoms with Crippen molar-refractivity contribution in [3.63, 3.8) is 0 Å². The third-order valence-corrected chi connectivity index (χ3v) is 2.15. The number of benzene rings is 1. The average molecular weight is 218 g/mol. The van der Waals surface area contributed by atoms with Crippen LogP contribution in [-0.4, -0.2) is 5.11 Å². The van der Waals surface area contributed by atoms with E-state index in [0.29, 0.717) is 6.54 Å². The highest BCUT2D eigenvalue weighted by molar-refractivity contribution is 5.23. The number of aliphatic hydroxyl groups excluding tert-OH is 1. The number of rotatable bonds is 6. The number of nitrogens with one attached hydrogen (secondary N) is 1. The molecule has 0 spiro atoms. The lowest BCUT2D eigenvalue weighted by molar-refractivity contribution is 0.471. The molecule has 4 N–H and O–H groups in total. The molecule has 0 aliphatic carbocycles. The van der Waals surface area contributed by atoms with E-state index in [1.54, 1.807) is 6.08 Å². The highest BCUT2D eigenvalue weighted by atomic mass is 16.2. The van der Waals surface area contributed by atoms with Gasteiger partial charge < -0.3 is 16.2 Å². The molecule has 0 fully saturated rings. The molecular formula is C13H18N2O. The molecular weight excluding hydrogens is 200 g/mol. The monoisotopic (exact) mass is 218 g/mol. The van der Waals surface area contributed by atoms with E-state index in [1.807, 2.05) is 24.4 Å². The van der Waals surface area contributed by atoms with Crippen molar-refractivity contribution in [1.82, 2.24) is 5.32 Å². The van der Waals surface area contributed by atoms with E-state index in [-0.39, 0.29) is 0 Å². The summed E-state index contributed by atoms with van der Waals surface area (Å²) in [6.45, 7) is 1.36. The van der Waals surface area contributed by atoms with Gasteiger partial charge in [0.2, 0.25) is 0 Å². The van der Waals surface area contributed by atoms with Crippen LogP contribution in [0.2, 0.25) is 0 Å². The van der Waals surface area contributed by atoms with Gasteiger partial charge in [-0.1, -0.05) is 30.3 Å². The molecule has 0 unspecified atom stereocenters. The Morgan fingerprint density at radius 2 is 2.06 bits per heavy atom. The van der Waals surface area contributed by atoms with Crippen LogP contribution in [0.3, 0.4) is 0 Å². The number of allylic oxidation sites excluding steroid dienone is 2. The molecule has 0 radical (unpaired) electrons. The largest absolute Gasteiger partial charge is 0.516 e. The zero-order valence-corrected chi connectivity index (χ0v) is 9.26. The summed E-state index contributed by atoms with van der Waals surface area (Å²) >= 11 is 0. The predicted octanol–water partition coefficient (Wildman–Crippen LogP) is 2.21. The van der Waals surface area contributed by atoms with Crippen molar-refractivity contribution in [3.05, 3.63) is 60.0 Å². The van der Waals surface area contributed by atoms with Crippen LogP contribution < -0.4 is 11.1 Å². The molecule has 3 heteroatoms. The molecule has 0 aliphatic heterocycles. The summed E-state index contributed by atoms with van der Waals surface area (Å²) in [5.74, 6) is 0. The Morgan fingerprint density at radius 3 is 2.81 bits per heavy atom. The maximum Gasteiger partial charge on any atom is 0.0754 e. The van der Waals surface area contributed by atoms with Crippen LogP contribution >= 0.6 is 0 Å². The summed E-state index contributed by atoms with van der Waals surface area (Å²) in [5.41, 5.74) is 7.92. The summed E-state index contributed by atoms with van der Waals surface area (Å²) in [5, 5.41) is 11.6. The molecule has 0 bridgehead atoms. The van der Waals surface area contributed by atoms with Crippen LogP contribution in [0, 0.1) is 0 Å². The first-order valence-electron chi connectivity index (χ1n) is 5.32. The molecule has 1 rings (SSSR count). The topological polar surface area (TPSA) is 58.3 Å². The van der Waals surface area contributed by atoms with Crippen LogP contribution in [0.25, 0.3) is 0 Å². The smallest absolute Gasteiger partial charge is 0.0754 e. The zero-order chi connectivity index (χ0) is 11.6. The minimum Gasteiger partial charge on any atom is -0.516 e. The Bertz CT molecular complexity index is 359. The van der Waals surface area contributed by atoms with Gasteiger partial charge in [-0.15, -0.1) is 0 Å². The van der Waals surface area contributed by atoms with Crippen molar-refractivity contribution < 1.29 is 5.11 Å². The van der Waals surface area contributed by atoms with Gasteiger partial charge in [-0.05, 0) is 29.8 Å². The van der Waals surface area contributed by atoms with Crippen molar-refractivity contribution in [2.24, 2.45) is 5.73 Å². The lowest BCUT2D eigenvalue weighted by Crippen LogP contribution is -2.05. The molecule has 0 saturated heterocycles. The van der Waals surface area contributed by atoms with Crippen molar-refractivity contribution in [3.8, 4) is 0 Å². The van der Waals surface area contributed by atoms with Gasteiger partial charge in [0.25, 0.3) is 0 Å². The third-order valence-electron chi connectivity index (χ3n) is 2.15.